The molecule has 0 saturated carbocycles. The van der Waals surface area contributed by atoms with E-state index < -0.39 is 0 Å². The maximum Gasteiger partial charge on any atom is 0.255 e. The summed E-state index contributed by atoms with van der Waals surface area (Å²) in [5.74, 6) is 1.91. The molecule has 0 atom stereocenters. The smallest absolute Gasteiger partial charge is 0.255 e. The molecular weight excluding hydrogens is 342 g/mol. The first-order valence-corrected chi connectivity index (χ1v) is 8.80. The fourth-order valence-corrected chi connectivity index (χ4v) is 3.46. The maximum atomic E-state index is 12.7. The zero-order valence-electron chi connectivity index (χ0n) is 14.5. The highest BCUT2D eigenvalue weighted by atomic mass is 16.7. The Balaban J connectivity index is 1.38. The van der Waals surface area contributed by atoms with Crippen molar-refractivity contribution in [3.05, 3.63) is 71.9 Å². The molecule has 6 heteroatoms. The fourth-order valence-electron chi connectivity index (χ4n) is 3.46. The minimum atomic E-state index is -0.190. The number of hydrogen-bond donors (Lipinski definition) is 1. The van der Waals surface area contributed by atoms with Gasteiger partial charge < -0.3 is 19.7 Å². The molecule has 1 N–H and O–H groups in total. The SMILES string of the molecule is O=C(Nc1ccc2c(c1)OCO2)c1ccnc(N2CCc3ccccc32)c1. The van der Waals surface area contributed by atoms with Crippen LogP contribution in [-0.4, -0.2) is 24.2 Å². The Morgan fingerprint density at radius 1 is 1.04 bits per heavy atom. The highest BCUT2D eigenvalue weighted by Crippen LogP contribution is 2.35. The van der Waals surface area contributed by atoms with Gasteiger partial charge >= 0.3 is 0 Å². The average molecular weight is 359 g/mol. The molecule has 2 aromatic carbocycles. The number of hydrogen-bond acceptors (Lipinski definition) is 5. The molecule has 0 radical (unpaired) electrons. The number of aromatic nitrogens is 1. The van der Waals surface area contributed by atoms with Gasteiger partial charge in [-0.3, -0.25) is 4.79 Å². The van der Waals surface area contributed by atoms with Crippen molar-refractivity contribution in [3.8, 4) is 11.5 Å². The topological polar surface area (TPSA) is 63.7 Å². The summed E-state index contributed by atoms with van der Waals surface area (Å²) in [7, 11) is 0. The minimum absolute atomic E-state index is 0.190. The Morgan fingerprint density at radius 3 is 2.89 bits per heavy atom. The Bertz CT molecular complexity index is 1030. The number of ether oxygens (including phenoxy) is 2. The van der Waals surface area contributed by atoms with Gasteiger partial charge in [0.1, 0.15) is 5.82 Å². The predicted molar refractivity (Wildman–Crippen MR) is 102 cm³/mol. The summed E-state index contributed by atoms with van der Waals surface area (Å²) in [4.78, 5) is 19.3. The van der Waals surface area contributed by atoms with Crippen molar-refractivity contribution in [2.45, 2.75) is 6.42 Å². The number of nitrogens with zero attached hydrogens (tertiary/aromatic N) is 2. The van der Waals surface area contributed by atoms with Gasteiger partial charge in [-0.25, -0.2) is 4.98 Å². The predicted octanol–water partition coefficient (Wildman–Crippen LogP) is 3.76. The second-order valence-corrected chi connectivity index (χ2v) is 6.46. The minimum Gasteiger partial charge on any atom is -0.454 e. The van der Waals surface area contributed by atoms with E-state index >= 15 is 0 Å². The van der Waals surface area contributed by atoms with Crippen LogP contribution in [0, 0.1) is 0 Å². The lowest BCUT2D eigenvalue weighted by atomic mass is 10.2. The Hall–Kier alpha value is -3.54. The van der Waals surface area contributed by atoms with Gasteiger partial charge in [0, 0.05) is 35.7 Å². The molecule has 5 rings (SSSR count). The zero-order chi connectivity index (χ0) is 18.2. The van der Waals surface area contributed by atoms with Crippen LogP contribution in [0.1, 0.15) is 15.9 Å². The lowest BCUT2D eigenvalue weighted by molar-refractivity contribution is 0.102. The van der Waals surface area contributed by atoms with Crippen molar-refractivity contribution >= 4 is 23.1 Å². The van der Waals surface area contributed by atoms with Gasteiger partial charge in [-0.05, 0) is 42.3 Å². The van der Waals surface area contributed by atoms with E-state index in [9.17, 15) is 4.79 Å². The van der Waals surface area contributed by atoms with Crippen LogP contribution < -0.4 is 19.7 Å². The summed E-state index contributed by atoms with van der Waals surface area (Å²) in [5, 5.41) is 2.90. The van der Waals surface area contributed by atoms with Gasteiger partial charge in [0.25, 0.3) is 5.91 Å². The molecule has 0 aliphatic carbocycles. The van der Waals surface area contributed by atoms with Crippen molar-refractivity contribution in [2.24, 2.45) is 0 Å². The van der Waals surface area contributed by atoms with Crippen LogP contribution in [-0.2, 0) is 6.42 Å². The van der Waals surface area contributed by atoms with E-state index in [1.807, 2.05) is 18.2 Å². The standard InChI is InChI=1S/C21H17N3O3/c25-21(23-16-5-6-18-19(12-16)27-13-26-18)15-7-9-22-20(11-15)24-10-8-14-3-1-2-4-17(14)24/h1-7,9,11-12H,8,10,13H2,(H,23,25). The molecule has 2 aliphatic rings. The van der Waals surface area contributed by atoms with Crippen LogP contribution >= 0.6 is 0 Å². The van der Waals surface area contributed by atoms with Crippen molar-refractivity contribution in [3.63, 3.8) is 0 Å². The van der Waals surface area contributed by atoms with Gasteiger partial charge in [-0.1, -0.05) is 18.2 Å². The molecular formula is C21H17N3O3. The third-order valence-corrected chi connectivity index (χ3v) is 4.80. The van der Waals surface area contributed by atoms with Gasteiger partial charge in [0.15, 0.2) is 11.5 Å². The van der Waals surface area contributed by atoms with Crippen molar-refractivity contribution < 1.29 is 14.3 Å². The number of amides is 1. The summed E-state index contributed by atoms with van der Waals surface area (Å²) in [6, 6.07) is 17.2. The summed E-state index contributed by atoms with van der Waals surface area (Å²) in [6.07, 6.45) is 2.65. The number of nitrogens with one attached hydrogen (secondary N) is 1. The first-order chi connectivity index (χ1) is 13.3. The molecule has 1 amide bonds. The van der Waals surface area contributed by atoms with Crippen molar-refractivity contribution in [1.82, 2.24) is 4.98 Å². The van der Waals surface area contributed by atoms with Crippen molar-refractivity contribution in [1.29, 1.82) is 0 Å². The van der Waals surface area contributed by atoms with Gasteiger partial charge in [0.05, 0.1) is 0 Å². The fraction of sp³-hybridized carbons (Fsp3) is 0.143. The normalized spacial score (nSPS) is 14.1. The van der Waals surface area contributed by atoms with E-state index in [0.29, 0.717) is 22.7 Å². The molecule has 0 bridgehead atoms. The molecule has 134 valence electrons. The molecule has 6 nitrogen and oxygen atoms in total. The first kappa shape index (κ1) is 15.7. The average Bonchev–Trinajstić information content (AvgIpc) is 3.34. The van der Waals surface area contributed by atoms with Crippen molar-refractivity contribution in [2.75, 3.05) is 23.6 Å². The third-order valence-electron chi connectivity index (χ3n) is 4.80. The highest BCUT2D eigenvalue weighted by Gasteiger charge is 2.21. The van der Waals surface area contributed by atoms with E-state index in [-0.39, 0.29) is 12.7 Å². The number of carbonyl (C=O) groups excluding carboxylic acids is 1. The molecule has 1 aromatic heterocycles. The molecule has 0 saturated heterocycles. The molecule has 0 spiro atoms. The lowest BCUT2D eigenvalue weighted by Crippen LogP contribution is -2.17. The number of anilines is 3. The molecule has 0 unspecified atom stereocenters. The molecule has 27 heavy (non-hydrogen) atoms. The van der Waals surface area contributed by atoms with Crippen LogP contribution in [0.25, 0.3) is 0 Å². The maximum absolute atomic E-state index is 12.7. The van der Waals surface area contributed by atoms with Gasteiger partial charge in [-0.2, -0.15) is 0 Å². The highest BCUT2D eigenvalue weighted by molar-refractivity contribution is 6.04. The number of rotatable bonds is 3. The van der Waals surface area contributed by atoms with Gasteiger partial charge in [0.2, 0.25) is 6.79 Å². The third kappa shape index (κ3) is 2.85. The zero-order valence-corrected chi connectivity index (χ0v) is 14.5. The molecule has 3 heterocycles. The van der Waals surface area contributed by atoms with Crippen LogP contribution in [0.4, 0.5) is 17.2 Å². The van der Waals surface area contributed by atoms with Crippen LogP contribution in [0.3, 0.4) is 0 Å². The van der Waals surface area contributed by atoms with E-state index in [4.69, 9.17) is 9.47 Å². The lowest BCUT2D eigenvalue weighted by Gasteiger charge is -2.18. The van der Waals surface area contributed by atoms with E-state index in [1.54, 1.807) is 30.5 Å². The van der Waals surface area contributed by atoms with Crippen LogP contribution in [0.5, 0.6) is 11.5 Å². The number of benzene rings is 2. The van der Waals surface area contributed by atoms with E-state index in [2.05, 4.69) is 27.3 Å². The second-order valence-electron chi connectivity index (χ2n) is 6.46. The summed E-state index contributed by atoms with van der Waals surface area (Å²) in [5.41, 5.74) is 3.67. The quantitative estimate of drug-likeness (QED) is 0.771. The summed E-state index contributed by atoms with van der Waals surface area (Å²) in [6.45, 7) is 1.07. The van der Waals surface area contributed by atoms with E-state index in [0.717, 1.165) is 24.5 Å². The first-order valence-electron chi connectivity index (χ1n) is 8.80. The number of fused-ring (bicyclic) bond motifs is 2. The largest absolute Gasteiger partial charge is 0.454 e. The summed E-state index contributed by atoms with van der Waals surface area (Å²) < 4.78 is 10.7. The molecule has 2 aliphatic heterocycles. The number of pyridine rings is 1. The van der Waals surface area contributed by atoms with Crippen LogP contribution in [0.15, 0.2) is 60.8 Å². The van der Waals surface area contributed by atoms with Crippen LogP contribution in [0.2, 0.25) is 0 Å². The second kappa shape index (κ2) is 6.32. The Kier molecular flexibility index (Phi) is 3.67. The molecule has 0 fully saturated rings. The van der Waals surface area contributed by atoms with Gasteiger partial charge in [-0.15, -0.1) is 0 Å². The Morgan fingerprint density at radius 2 is 1.93 bits per heavy atom. The number of para-hydroxylation sites is 1. The summed E-state index contributed by atoms with van der Waals surface area (Å²) >= 11 is 0. The molecule has 3 aromatic rings. The van der Waals surface area contributed by atoms with E-state index in [1.165, 1.54) is 5.56 Å². The Labute approximate surface area is 156 Å². The number of carbonyl (C=O) groups is 1. The monoisotopic (exact) mass is 359 g/mol.